The summed E-state index contributed by atoms with van der Waals surface area (Å²) in [7, 11) is 0. The van der Waals surface area contributed by atoms with E-state index in [0.717, 1.165) is 5.56 Å². The van der Waals surface area contributed by atoms with Crippen molar-refractivity contribution in [3.05, 3.63) is 59.2 Å². The van der Waals surface area contributed by atoms with Gasteiger partial charge in [0.2, 0.25) is 6.10 Å². The Hall–Kier alpha value is -3.02. The smallest absolute Gasteiger partial charge is 0.350 e. The first kappa shape index (κ1) is 17.8. The lowest BCUT2D eigenvalue weighted by Crippen LogP contribution is -2.38. The van der Waals surface area contributed by atoms with Crippen molar-refractivity contribution < 1.29 is 28.5 Å². The van der Waals surface area contributed by atoms with Crippen LogP contribution in [-0.4, -0.2) is 31.3 Å². The van der Waals surface area contributed by atoms with Crippen LogP contribution in [0.3, 0.4) is 0 Å². The van der Waals surface area contributed by atoms with Crippen molar-refractivity contribution in [3.8, 4) is 11.5 Å². The molecule has 0 N–H and O–H groups in total. The van der Waals surface area contributed by atoms with Crippen LogP contribution in [0.1, 0.15) is 28.4 Å². The predicted octanol–water partition coefficient (Wildman–Crippen LogP) is 3.05. The molecule has 0 unspecified atom stereocenters. The second kappa shape index (κ2) is 7.91. The molecule has 0 fully saturated rings. The summed E-state index contributed by atoms with van der Waals surface area (Å²) >= 11 is 0. The predicted molar refractivity (Wildman–Crippen MR) is 93.3 cm³/mol. The largest absolute Gasteiger partial charge is 0.485 e. The Bertz CT molecular complexity index is 799. The van der Waals surface area contributed by atoms with Gasteiger partial charge in [-0.25, -0.2) is 9.59 Å². The lowest BCUT2D eigenvalue weighted by atomic mass is 10.1. The zero-order chi connectivity index (χ0) is 18.5. The lowest BCUT2D eigenvalue weighted by Gasteiger charge is -2.27. The monoisotopic (exact) mass is 356 g/mol. The molecule has 2 aromatic carbocycles. The Morgan fingerprint density at radius 1 is 1.12 bits per heavy atom. The van der Waals surface area contributed by atoms with Crippen LogP contribution in [0.25, 0.3) is 0 Å². The van der Waals surface area contributed by atoms with Gasteiger partial charge in [0.05, 0.1) is 12.2 Å². The van der Waals surface area contributed by atoms with Gasteiger partial charge in [0, 0.05) is 5.56 Å². The summed E-state index contributed by atoms with van der Waals surface area (Å²) in [5.74, 6) is -0.100. The van der Waals surface area contributed by atoms with Crippen LogP contribution in [0.2, 0.25) is 0 Å². The van der Waals surface area contributed by atoms with E-state index in [1.807, 2.05) is 30.3 Å². The number of hydrogen-bond acceptors (Lipinski definition) is 6. The zero-order valence-electron chi connectivity index (χ0n) is 14.7. The summed E-state index contributed by atoms with van der Waals surface area (Å²) < 4.78 is 21.6. The maximum atomic E-state index is 12.4. The van der Waals surface area contributed by atoms with E-state index in [1.54, 1.807) is 26.0 Å². The highest BCUT2D eigenvalue weighted by Gasteiger charge is 2.31. The van der Waals surface area contributed by atoms with Gasteiger partial charge in [0.15, 0.2) is 11.5 Å². The Morgan fingerprint density at radius 2 is 1.88 bits per heavy atom. The first-order chi connectivity index (χ1) is 12.6. The first-order valence-corrected chi connectivity index (χ1v) is 8.41. The molecule has 0 radical (unpaired) electrons. The van der Waals surface area contributed by atoms with Crippen LogP contribution < -0.4 is 9.47 Å². The minimum atomic E-state index is -0.850. The number of esters is 2. The summed E-state index contributed by atoms with van der Waals surface area (Å²) in [4.78, 5) is 24.3. The van der Waals surface area contributed by atoms with Crippen molar-refractivity contribution in [1.29, 1.82) is 0 Å². The molecule has 0 saturated heterocycles. The quantitative estimate of drug-likeness (QED) is 0.767. The third-order valence-electron chi connectivity index (χ3n) is 4.00. The molecule has 1 aliphatic heterocycles. The Labute approximate surface area is 151 Å². The fraction of sp³-hybridized carbons (Fsp3) is 0.300. The van der Waals surface area contributed by atoms with Gasteiger partial charge in [0.1, 0.15) is 13.2 Å². The number of benzene rings is 2. The van der Waals surface area contributed by atoms with E-state index in [0.29, 0.717) is 22.6 Å². The van der Waals surface area contributed by atoms with Gasteiger partial charge >= 0.3 is 11.9 Å². The van der Waals surface area contributed by atoms with Crippen LogP contribution >= 0.6 is 0 Å². The molecule has 0 bridgehead atoms. The number of fused-ring (bicyclic) bond motifs is 1. The summed E-state index contributed by atoms with van der Waals surface area (Å²) in [6, 6.07) is 12.7. The van der Waals surface area contributed by atoms with Crippen LogP contribution in [0.4, 0.5) is 0 Å². The molecule has 0 amide bonds. The van der Waals surface area contributed by atoms with E-state index in [4.69, 9.17) is 18.9 Å². The van der Waals surface area contributed by atoms with Crippen molar-refractivity contribution in [3.63, 3.8) is 0 Å². The van der Waals surface area contributed by atoms with Gasteiger partial charge in [-0.3, -0.25) is 0 Å². The minimum absolute atomic E-state index is 0.0725. The molecule has 1 heterocycles. The van der Waals surface area contributed by atoms with E-state index in [1.165, 1.54) is 0 Å². The lowest BCUT2D eigenvalue weighted by molar-refractivity contribution is -0.153. The fourth-order valence-electron chi connectivity index (χ4n) is 2.64. The summed E-state index contributed by atoms with van der Waals surface area (Å²) in [6.07, 6.45) is -0.850. The molecule has 1 aliphatic rings. The molecule has 0 aromatic heterocycles. The molecule has 0 spiro atoms. The van der Waals surface area contributed by atoms with Gasteiger partial charge < -0.3 is 18.9 Å². The standard InChI is InChI=1S/C20H20O6/c1-3-23-20(22)17-12-24-16-10-9-15(13(2)18(16)26-17)19(21)25-11-14-7-5-4-6-8-14/h4-10,17H,3,11-12H2,1-2H3/t17-/m1/s1. The van der Waals surface area contributed by atoms with Gasteiger partial charge in [-0.1, -0.05) is 30.3 Å². The second-order valence-corrected chi connectivity index (χ2v) is 5.80. The number of carbonyl (C=O) groups excluding carboxylic acids is 2. The van der Waals surface area contributed by atoms with Gasteiger partial charge in [-0.05, 0) is 31.5 Å². The number of hydrogen-bond donors (Lipinski definition) is 0. The van der Waals surface area contributed by atoms with E-state index in [-0.39, 0.29) is 19.8 Å². The molecule has 2 aromatic rings. The van der Waals surface area contributed by atoms with Crippen molar-refractivity contribution in [2.24, 2.45) is 0 Å². The third-order valence-corrected chi connectivity index (χ3v) is 4.00. The van der Waals surface area contributed by atoms with Gasteiger partial charge in [-0.2, -0.15) is 0 Å². The molecule has 0 aliphatic carbocycles. The van der Waals surface area contributed by atoms with Crippen LogP contribution in [0, 0.1) is 6.92 Å². The summed E-state index contributed by atoms with van der Waals surface area (Å²) in [6.45, 7) is 3.97. The topological polar surface area (TPSA) is 71.1 Å². The van der Waals surface area contributed by atoms with E-state index < -0.39 is 18.0 Å². The van der Waals surface area contributed by atoms with Crippen molar-refractivity contribution in [2.75, 3.05) is 13.2 Å². The maximum absolute atomic E-state index is 12.4. The number of ether oxygens (including phenoxy) is 4. The molecule has 6 heteroatoms. The molecule has 0 saturated carbocycles. The van der Waals surface area contributed by atoms with Crippen molar-refractivity contribution in [2.45, 2.75) is 26.6 Å². The number of carbonyl (C=O) groups is 2. The maximum Gasteiger partial charge on any atom is 0.350 e. The molecular formula is C20H20O6. The third kappa shape index (κ3) is 3.79. The van der Waals surface area contributed by atoms with Crippen LogP contribution in [-0.2, 0) is 20.9 Å². The molecule has 1 atom stereocenters. The van der Waals surface area contributed by atoms with E-state index in [2.05, 4.69) is 0 Å². The Kier molecular flexibility index (Phi) is 5.41. The molecule has 3 rings (SSSR count). The fourth-order valence-corrected chi connectivity index (χ4v) is 2.64. The zero-order valence-corrected chi connectivity index (χ0v) is 14.7. The molecule has 26 heavy (non-hydrogen) atoms. The van der Waals surface area contributed by atoms with Gasteiger partial charge in [-0.15, -0.1) is 0 Å². The van der Waals surface area contributed by atoms with Gasteiger partial charge in [0.25, 0.3) is 0 Å². The summed E-state index contributed by atoms with van der Waals surface area (Å²) in [5.41, 5.74) is 1.83. The highest BCUT2D eigenvalue weighted by atomic mass is 16.6. The highest BCUT2D eigenvalue weighted by Crippen LogP contribution is 2.37. The highest BCUT2D eigenvalue weighted by molar-refractivity contribution is 5.92. The molecular weight excluding hydrogens is 336 g/mol. The first-order valence-electron chi connectivity index (χ1n) is 8.41. The minimum Gasteiger partial charge on any atom is -0.485 e. The van der Waals surface area contributed by atoms with E-state index in [9.17, 15) is 9.59 Å². The average Bonchev–Trinajstić information content (AvgIpc) is 2.67. The number of rotatable bonds is 5. The van der Waals surface area contributed by atoms with Crippen LogP contribution in [0.5, 0.6) is 11.5 Å². The molecule has 136 valence electrons. The second-order valence-electron chi connectivity index (χ2n) is 5.80. The summed E-state index contributed by atoms with van der Waals surface area (Å²) in [5, 5.41) is 0. The normalized spacial score (nSPS) is 15.2. The van der Waals surface area contributed by atoms with Crippen molar-refractivity contribution in [1.82, 2.24) is 0 Å². The molecule has 6 nitrogen and oxygen atoms in total. The average molecular weight is 356 g/mol. The SMILES string of the molecule is CCOC(=O)[C@H]1COc2ccc(C(=O)OCc3ccccc3)c(C)c2O1. The Morgan fingerprint density at radius 3 is 2.62 bits per heavy atom. The van der Waals surface area contributed by atoms with E-state index >= 15 is 0 Å². The van der Waals surface area contributed by atoms with Crippen LogP contribution in [0.15, 0.2) is 42.5 Å². The van der Waals surface area contributed by atoms with Crippen molar-refractivity contribution >= 4 is 11.9 Å². The Balaban J connectivity index is 1.75.